The highest BCUT2D eigenvalue weighted by Crippen LogP contribution is 2.29. The SMILES string of the molecule is CC1OCCC1(O)CNCc1ccc(C(C)(C)C)s1. The van der Waals surface area contributed by atoms with E-state index in [-0.39, 0.29) is 11.5 Å². The van der Waals surface area contributed by atoms with Crippen LogP contribution < -0.4 is 5.32 Å². The zero-order chi connectivity index (χ0) is 14.1. The highest BCUT2D eigenvalue weighted by atomic mass is 32.1. The number of nitrogens with one attached hydrogen (secondary N) is 1. The lowest BCUT2D eigenvalue weighted by Crippen LogP contribution is -2.45. The Balaban J connectivity index is 1.85. The van der Waals surface area contributed by atoms with Gasteiger partial charge in [0.25, 0.3) is 0 Å². The minimum absolute atomic E-state index is 0.0755. The maximum absolute atomic E-state index is 10.4. The van der Waals surface area contributed by atoms with Gasteiger partial charge in [0, 0.05) is 35.9 Å². The average Bonchev–Trinajstić information content (AvgIpc) is 2.88. The Morgan fingerprint density at radius 3 is 2.74 bits per heavy atom. The van der Waals surface area contributed by atoms with E-state index in [1.165, 1.54) is 9.75 Å². The Kier molecular flexibility index (Phi) is 4.35. The average molecular weight is 283 g/mol. The van der Waals surface area contributed by atoms with Gasteiger partial charge in [0.05, 0.1) is 6.10 Å². The number of aliphatic hydroxyl groups is 1. The van der Waals surface area contributed by atoms with Crippen LogP contribution in [-0.4, -0.2) is 30.0 Å². The fraction of sp³-hybridized carbons (Fsp3) is 0.733. The molecule has 0 radical (unpaired) electrons. The molecule has 0 saturated carbocycles. The van der Waals surface area contributed by atoms with Crippen LogP contribution >= 0.6 is 11.3 Å². The Morgan fingerprint density at radius 1 is 1.47 bits per heavy atom. The topological polar surface area (TPSA) is 41.5 Å². The van der Waals surface area contributed by atoms with E-state index in [2.05, 4.69) is 38.2 Å². The molecule has 2 rings (SSSR count). The summed E-state index contributed by atoms with van der Waals surface area (Å²) in [5, 5.41) is 13.7. The summed E-state index contributed by atoms with van der Waals surface area (Å²) in [5.41, 5.74) is -0.487. The van der Waals surface area contributed by atoms with Crippen LogP contribution in [0, 0.1) is 0 Å². The van der Waals surface area contributed by atoms with Crippen molar-refractivity contribution in [2.75, 3.05) is 13.2 Å². The lowest BCUT2D eigenvalue weighted by Gasteiger charge is -2.26. The van der Waals surface area contributed by atoms with Gasteiger partial charge in [-0.1, -0.05) is 20.8 Å². The van der Waals surface area contributed by atoms with Crippen LogP contribution in [0.1, 0.15) is 43.9 Å². The Bertz CT molecular complexity index is 424. The van der Waals surface area contributed by atoms with E-state index in [0.717, 1.165) is 13.0 Å². The van der Waals surface area contributed by atoms with Crippen LogP contribution in [0.3, 0.4) is 0 Å². The summed E-state index contributed by atoms with van der Waals surface area (Å²) < 4.78 is 5.43. The minimum atomic E-state index is -0.704. The first-order valence-electron chi connectivity index (χ1n) is 6.95. The van der Waals surface area contributed by atoms with Crippen molar-refractivity contribution in [1.82, 2.24) is 5.32 Å². The van der Waals surface area contributed by atoms with Crippen LogP contribution in [0.5, 0.6) is 0 Å². The van der Waals surface area contributed by atoms with Gasteiger partial charge in [0.1, 0.15) is 5.60 Å². The Morgan fingerprint density at radius 2 is 2.21 bits per heavy atom. The summed E-state index contributed by atoms with van der Waals surface area (Å²) in [4.78, 5) is 2.72. The third-order valence-corrected chi connectivity index (χ3v) is 5.30. The molecular weight excluding hydrogens is 258 g/mol. The second-order valence-electron chi connectivity index (χ2n) is 6.49. The van der Waals surface area contributed by atoms with Gasteiger partial charge in [-0.05, 0) is 24.5 Å². The van der Waals surface area contributed by atoms with Gasteiger partial charge in [-0.3, -0.25) is 0 Å². The van der Waals surface area contributed by atoms with Gasteiger partial charge in [0.2, 0.25) is 0 Å². The second-order valence-corrected chi connectivity index (χ2v) is 7.65. The fourth-order valence-corrected chi connectivity index (χ4v) is 3.32. The molecule has 1 aliphatic heterocycles. The maximum Gasteiger partial charge on any atom is 0.105 e. The molecule has 1 fully saturated rings. The van der Waals surface area contributed by atoms with Crippen molar-refractivity contribution in [2.24, 2.45) is 0 Å². The minimum Gasteiger partial charge on any atom is -0.386 e. The Labute approximate surface area is 120 Å². The van der Waals surface area contributed by atoms with Gasteiger partial charge in [-0.2, -0.15) is 0 Å². The molecule has 1 aromatic rings. The molecule has 1 aromatic heterocycles. The highest BCUT2D eigenvalue weighted by Gasteiger charge is 2.38. The molecule has 1 aliphatic rings. The normalized spacial score (nSPS) is 27.9. The largest absolute Gasteiger partial charge is 0.386 e. The van der Waals surface area contributed by atoms with E-state index >= 15 is 0 Å². The van der Waals surface area contributed by atoms with Crippen LogP contribution in [0.2, 0.25) is 0 Å². The molecule has 2 atom stereocenters. The van der Waals surface area contributed by atoms with Crippen molar-refractivity contribution in [2.45, 2.75) is 57.8 Å². The molecule has 0 bridgehead atoms. The first kappa shape index (κ1) is 15.0. The number of ether oxygens (including phenoxy) is 1. The first-order valence-corrected chi connectivity index (χ1v) is 7.77. The molecule has 2 heterocycles. The molecule has 3 nitrogen and oxygen atoms in total. The van der Waals surface area contributed by atoms with Gasteiger partial charge in [-0.15, -0.1) is 11.3 Å². The van der Waals surface area contributed by atoms with Gasteiger partial charge in [-0.25, -0.2) is 0 Å². The summed E-state index contributed by atoms with van der Waals surface area (Å²) in [6.45, 7) is 10.7. The van der Waals surface area contributed by atoms with E-state index in [1.807, 2.05) is 18.3 Å². The van der Waals surface area contributed by atoms with Crippen molar-refractivity contribution in [3.63, 3.8) is 0 Å². The summed E-state index contributed by atoms with van der Waals surface area (Å²) in [5.74, 6) is 0. The number of hydrogen-bond acceptors (Lipinski definition) is 4. The highest BCUT2D eigenvalue weighted by molar-refractivity contribution is 7.12. The Hall–Kier alpha value is -0.420. The molecule has 0 aromatic carbocycles. The molecule has 0 aliphatic carbocycles. The van der Waals surface area contributed by atoms with Crippen LogP contribution in [0.25, 0.3) is 0 Å². The monoisotopic (exact) mass is 283 g/mol. The number of thiophene rings is 1. The van der Waals surface area contributed by atoms with Crippen LogP contribution in [0.15, 0.2) is 12.1 Å². The smallest absolute Gasteiger partial charge is 0.105 e. The standard InChI is InChI=1S/C15H25NO2S/c1-11-15(17,7-8-18-11)10-16-9-12-5-6-13(19-12)14(2,3)4/h5-6,11,16-17H,7-10H2,1-4H3. The zero-order valence-corrected chi connectivity index (χ0v) is 13.1. The summed E-state index contributed by atoms with van der Waals surface area (Å²) in [7, 11) is 0. The number of hydrogen-bond donors (Lipinski definition) is 2. The maximum atomic E-state index is 10.4. The molecule has 2 unspecified atom stereocenters. The second kappa shape index (κ2) is 5.52. The fourth-order valence-electron chi connectivity index (χ4n) is 2.28. The molecule has 1 saturated heterocycles. The van der Waals surface area contributed by atoms with Crippen LogP contribution in [0.4, 0.5) is 0 Å². The van der Waals surface area contributed by atoms with Gasteiger partial charge in [0.15, 0.2) is 0 Å². The summed E-state index contributed by atoms with van der Waals surface area (Å²) in [6.07, 6.45) is 0.646. The third-order valence-electron chi connectivity index (χ3n) is 3.79. The quantitative estimate of drug-likeness (QED) is 0.892. The third kappa shape index (κ3) is 3.57. The van der Waals surface area contributed by atoms with E-state index < -0.39 is 5.60 Å². The lowest BCUT2D eigenvalue weighted by molar-refractivity contribution is -0.0262. The van der Waals surface area contributed by atoms with Crippen molar-refractivity contribution >= 4 is 11.3 Å². The molecule has 0 amide bonds. The predicted molar refractivity (Wildman–Crippen MR) is 79.7 cm³/mol. The van der Waals surface area contributed by atoms with Crippen molar-refractivity contribution in [1.29, 1.82) is 0 Å². The molecular formula is C15H25NO2S. The van der Waals surface area contributed by atoms with E-state index in [9.17, 15) is 5.11 Å². The first-order chi connectivity index (χ1) is 8.81. The zero-order valence-electron chi connectivity index (χ0n) is 12.3. The van der Waals surface area contributed by atoms with Gasteiger partial charge < -0.3 is 15.2 Å². The van der Waals surface area contributed by atoms with Crippen LogP contribution in [-0.2, 0) is 16.7 Å². The van der Waals surface area contributed by atoms with Crippen molar-refractivity contribution in [3.05, 3.63) is 21.9 Å². The van der Waals surface area contributed by atoms with E-state index in [1.54, 1.807) is 0 Å². The van der Waals surface area contributed by atoms with E-state index in [0.29, 0.717) is 13.2 Å². The van der Waals surface area contributed by atoms with Crippen molar-refractivity contribution < 1.29 is 9.84 Å². The van der Waals surface area contributed by atoms with Gasteiger partial charge >= 0.3 is 0 Å². The molecule has 0 spiro atoms. The molecule has 4 heteroatoms. The molecule has 19 heavy (non-hydrogen) atoms. The van der Waals surface area contributed by atoms with Crippen molar-refractivity contribution in [3.8, 4) is 0 Å². The predicted octanol–water partition coefficient (Wildman–Crippen LogP) is 2.68. The number of rotatable bonds is 4. The lowest BCUT2D eigenvalue weighted by atomic mass is 9.95. The molecule has 108 valence electrons. The summed E-state index contributed by atoms with van der Waals surface area (Å²) >= 11 is 1.85. The molecule has 2 N–H and O–H groups in total. The van der Waals surface area contributed by atoms with E-state index in [4.69, 9.17) is 4.74 Å². The summed E-state index contributed by atoms with van der Waals surface area (Å²) in [6, 6.07) is 4.38.